The molecule has 15 heavy (non-hydrogen) atoms. The van der Waals surface area contributed by atoms with E-state index < -0.39 is 0 Å². The van der Waals surface area contributed by atoms with Crippen molar-refractivity contribution in [3.05, 3.63) is 10.5 Å². The molecule has 0 aromatic carbocycles. The standard InChI is InChI=1S/C9H14ClN3S2/c1-3-13(4-6(2)8(11)14)9-12-7(10)5-15-9/h5-6H,3-4H2,1-2H3,(H2,11,14). The summed E-state index contributed by atoms with van der Waals surface area (Å²) in [6.07, 6.45) is 0. The van der Waals surface area contributed by atoms with Crippen molar-refractivity contribution in [1.82, 2.24) is 4.98 Å². The van der Waals surface area contributed by atoms with Gasteiger partial charge in [0.15, 0.2) is 5.13 Å². The third-order valence-electron chi connectivity index (χ3n) is 2.10. The Hall–Kier alpha value is -0.390. The number of thiocarbonyl (C=S) groups is 1. The van der Waals surface area contributed by atoms with E-state index in [9.17, 15) is 0 Å². The van der Waals surface area contributed by atoms with Crippen LogP contribution < -0.4 is 10.6 Å². The molecule has 6 heteroatoms. The highest BCUT2D eigenvalue weighted by Gasteiger charge is 2.14. The first-order valence-corrected chi connectivity index (χ1v) is 6.36. The lowest BCUT2D eigenvalue weighted by Gasteiger charge is -2.23. The molecule has 1 rings (SSSR count). The van der Waals surface area contributed by atoms with E-state index in [0.717, 1.165) is 18.2 Å². The van der Waals surface area contributed by atoms with Crippen molar-refractivity contribution in [3.63, 3.8) is 0 Å². The molecule has 1 heterocycles. The maximum Gasteiger partial charge on any atom is 0.186 e. The second-order valence-electron chi connectivity index (χ2n) is 3.29. The van der Waals surface area contributed by atoms with Crippen molar-refractivity contribution in [2.24, 2.45) is 11.7 Å². The molecule has 0 radical (unpaired) electrons. The van der Waals surface area contributed by atoms with Crippen LogP contribution in [0.4, 0.5) is 5.13 Å². The van der Waals surface area contributed by atoms with E-state index in [4.69, 9.17) is 29.6 Å². The van der Waals surface area contributed by atoms with E-state index in [0.29, 0.717) is 10.1 Å². The van der Waals surface area contributed by atoms with Crippen molar-refractivity contribution in [3.8, 4) is 0 Å². The van der Waals surface area contributed by atoms with Crippen LogP contribution in [0.25, 0.3) is 0 Å². The summed E-state index contributed by atoms with van der Waals surface area (Å²) in [5.41, 5.74) is 5.58. The molecule has 1 aromatic heterocycles. The molecule has 0 aliphatic rings. The maximum atomic E-state index is 5.78. The van der Waals surface area contributed by atoms with Gasteiger partial charge in [-0.05, 0) is 6.92 Å². The lowest BCUT2D eigenvalue weighted by Crippen LogP contribution is -2.33. The fourth-order valence-electron chi connectivity index (χ4n) is 1.15. The van der Waals surface area contributed by atoms with Crippen molar-refractivity contribution in [1.29, 1.82) is 0 Å². The average molecular weight is 264 g/mol. The third kappa shape index (κ3) is 3.59. The maximum absolute atomic E-state index is 5.78. The molecular formula is C9H14ClN3S2. The first-order chi connectivity index (χ1) is 7.04. The summed E-state index contributed by atoms with van der Waals surface area (Å²) in [5, 5.41) is 3.28. The number of hydrogen-bond donors (Lipinski definition) is 1. The Morgan fingerprint density at radius 2 is 2.47 bits per heavy atom. The molecule has 1 atom stereocenters. The predicted molar refractivity (Wildman–Crippen MR) is 71.0 cm³/mol. The van der Waals surface area contributed by atoms with E-state index in [1.807, 2.05) is 12.3 Å². The second-order valence-corrected chi connectivity index (χ2v) is 4.99. The van der Waals surface area contributed by atoms with Crippen LogP contribution >= 0.6 is 35.2 Å². The minimum Gasteiger partial charge on any atom is -0.393 e. The zero-order valence-corrected chi connectivity index (χ0v) is 11.1. The lowest BCUT2D eigenvalue weighted by atomic mass is 10.2. The highest BCUT2D eigenvalue weighted by molar-refractivity contribution is 7.80. The van der Waals surface area contributed by atoms with Gasteiger partial charge in [-0.1, -0.05) is 30.7 Å². The SMILES string of the molecule is CCN(CC(C)C(N)=S)c1nc(Cl)cs1. The van der Waals surface area contributed by atoms with Crippen molar-refractivity contribution in [2.45, 2.75) is 13.8 Å². The number of nitrogens with zero attached hydrogens (tertiary/aromatic N) is 2. The van der Waals surface area contributed by atoms with Gasteiger partial charge in [0, 0.05) is 24.4 Å². The van der Waals surface area contributed by atoms with Crippen LogP contribution in [0.15, 0.2) is 5.38 Å². The zero-order valence-electron chi connectivity index (χ0n) is 8.74. The van der Waals surface area contributed by atoms with Gasteiger partial charge in [0.25, 0.3) is 0 Å². The molecular weight excluding hydrogens is 250 g/mol. The monoisotopic (exact) mass is 263 g/mol. The van der Waals surface area contributed by atoms with Crippen LogP contribution in [0.2, 0.25) is 5.15 Å². The lowest BCUT2D eigenvalue weighted by molar-refractivity contribution is 0.706. The zero-order chi connectivity index (χ0) is 11.4. The molecule has 0 aliphatic carbocycles. The van der Waals surface area contributed by atoms with Crippen LogP contribution in [-0.4, -0.2) is 23.1 Å². The fourth-order valence-corrected chi connectivity index (χ4v) is 2.25. The minimum atomic E-state index is 0.183. The summed E-state index contributed by atoms with van der Waals surface area (Å²) in [6.45, 7) is 5.74. The van der Waals surface area contributed by atoms with Gasteiger partial charge in [0.1, 0.15) is 5.15 Å². The molecule has 1 unspecified atom stereocenters. The number of thiazole rings is 1. The first-order valence-electron chi connectivity index (χ1n) is 4.69. The first kappa shape index (κ1) is 12.7. The number of hydrogen-bond acceptors (Lipinski definition) is 4. The molecule has 84 valence electrons. The van der Waals surface area contributed by atoms with Crippen LogP contribution in [0.3, 0.4) is 0 Å². The van der Waals surface area contributed by atoms with E-state index in [1.54, 1.807) is 0 Å². The number of halogens is 1. The molecule has 0 bridgehead atoms. The Kier molecular flexibility index (Phi) is 4.76. The topological polar surface area (TPSA) is 42.1 Å². The largest absolute Gasteiger partial charge is 0.393 e. The highest BCUT2D eigenvalue weighted by atomic mass is 35.5. The quantitative estimate of drug-likeness (QED) is 0.829. The summed E-state index contributed by atoms with van der Waals surface area (Å²) in [4.78, 5) is 6.88. The molecule has 0 fully saturated rings. The molecule has 3 nitrogen and oxygen atoms in total. The van der Waals surface area contributed by atoms with Crippen molar-refractivity contribution in [2.75, 3.05) is 18.0 Å². The van der Waals surface area contributed by atoms with E-state index >= 15 is 0 Å². The number of nitrogens with two attached hydrogens (primary N) is 1. The summed E-state index contributed by atoms with van der Waals surface area (Å²) in [5.74, 6) is 0.183. The number of anilines is 1. The van der Waals surface area contributed by atoms with Crippen LogP contribution in [-0.2, 0) is 0 Å². The van der Waals surface area contributed by atoms with Gasteiger partial charge in [0.05, 0.1) is 4.99 Å². The van der Waals surface area contributed by atoms with Crippen molar-refractivity contribution < 1.29 is 0 Å². The van der Waals surface area contributed by atoms with Gasteiger partial charge in [-0.3, -0.25) is 0 Å². The van der Waals surface area contributed by atoms with Crippen LogP contribution in [0.5, 0.6) is 0 Å². The Balaban J connectivity index is 2.68. The number of rotatable bonds is 5. The Bertz CT molecular complexity index is 340. The van der Waals surface area contributed by atoms with E-state index in [1.165, 1.54) is 11.3 Å². The van der Waals surface area contributed by atoms with Gasteiger partial charge in [-0.2, -0.15) is 0 Å². The van der Waals surface area contributed by atoms with Gasteiger partial charge in [-0.15, -0.1) is 11.3 Å². The Labute approximate surface area is 104 Å². The third-order valence-corrected chi connectivity index (χ3v) is 3.72. The van der Waals surface area contributed by atoms with Crippen LogP contribution in [0.1, 0.15) is 13.8 Å². The molecule has 0 aliphatic heterocycles. The Morgan fingerprint density at radius 1 is 1.80 bits per heavy atom. The Morgan fingerprint density at radius 3 is 2.87 bits per heavy atom. The van der Waals surface area contributed by atoms with Gasteiger partial charge in [0.2, 0.25) is 0 Å². The van der Waals surface area contributed by atoms with E-state index in [-0.39, 0.29) is 5.92 Å². The predicted octanol–water partition coefficient (Wildman–Crippen LogP) is 2.54. The smallest absolute Gasteiger partial charge is 0.186 e. The molecule has 0 saturated carbocycles. The molecule has 2 N–H and O–H groups in total. The second kappa shape index (κ2) is 5.63. The summed E-state index contributed by atoms with van der Waals surface area (Å²) in [7, 11) is 0. The van der Waals surface area contributed by atoms with Gasteiger partial charge in [-0.25, -0.2) is 4.98 Å². The van der Waals surface area contributed by atoms with Gasteiger partial charge >= 0.3 is 0 Å². The number of aromatic nitrogens is 1. The van der Waals surface area contributed by atoms with Gasteiger partial charge < -0.3 is 10.6 Å². The average Bonchev–Trinajstić information content (AvgIpc) is 2.60. The normalized spacial score (nSPS) is 12.5. The highest BCUT2D eigenvalue weighted by Crippen LogP contribution is 2.23. The summed E-state index contributed by atoms with van der Waals surface area (Å²) in [6, 6.07) is 0. The molecule has 1 aromatic rings. The van der Waals surface area contributed by atoms with Crippen LogP contribution in [0, 0.1) is 5.92 Å². The van der Waals surface area contributed by atoms with Crippen molar-refractivity contribution >= 4 is 45.3 Å². The summed E-state index contributed by atoms with van der Waals surface area (Å²) >= 11 is 12.3. The van der Waals surface area contributed by atoms with E-state index in [2.05, 4.69) is 16.8 Å². The molecule has 0 amide bonds. The minimum absolute atomic E-state index is 0.183. The molecule has 0 saturated heterocycles. The fraction of sp³-hybridized carbons (Fsp3) is 0.556. The molecule has 0 spiro atoms. The summed E-state index contributed by atoms with van der Waals surface area (Å²) < 4.78 is 0.